The van der Waals surface area contributed by atoms with Crippen molar-refractivity contribution in [1.82, 2.24) is 9.88 Å². The number of thioether (sulfide) groups is 1. The van der Waals surface area contributed by atoms with Crippen molar-refractivity contribution in [2.24, 2.45) is 10.7 Å². The maximum atomic E-state index is 6.01. The summed E-state index contributed by atoms with van der Waals surface area (Å²) in [7, 11) is 0. The molecule has 1 fully saturated rings. The van der Waals surface area contributed by atoms with E-state index in [0.717, 1.165) is 24.6 Å². The Bertz CT molecular complexity index is 483. The maximum absolute atomic E-state index is 6.01. The van der Waals surface area contributed by atoms with Crippen LogP contribution in [-0.2, 0) is 0 Å². The Morgan fingerprint density at radius 1 is 1.43 bits per heavy atom. The van der Waals surface area contributed by atoms with Gasteiger partial charge in [0, 0.05) is 37.3 Å². The van der Waals surface area contributed by atoms with Crippen LogP contribution in [0.1, 0.15) is 0 Å². The van der Waals surface area contributed by atoms with E-state index in [0.29, 0.717) is 34.9 Å². The number of nitrogens with zero attached hydrogens (tertiary/aromatic N) is 3. The minimum Gasteiger partial charge on any atom is -0.370 e. The van der Waals surface area contributed by atoms with Crippen LogP contribution in [0.5, 0.6) is 0 Å². The Morgan fingerprint density at radius 2 is 2.14 bits per heavy atom. The number of pyridine rings is 1. The standard InChI is InChI=1S/C12H17Cl2N5S.HI/c13-9-7-10(14)11(18-8-9)16-1-2-17-12(15)19-3-5-20-6-4-19;/h7-8H,1-6H2,(H2,15,17)(H,16,18);1H. The minimum absolute atomic E-state index is 0. The second-order valence-electron chi connectivity index (χ2n) is 4.25. The number of nitrogens with two attached hydrogens (primary N) is 1. The second-order valence-corrected chi connectivity index (χ2v) is 6.32. The first-order valence-corrected chi connectivity index (χ1v) is 8.25. The Morgan fingerprint density at radius 3 is 2.81 bits per heavy atom. The molecule has 0 aliphatic carbocycles. The van der Waals surface area contributed by atoms with Crippen LogP contribution < -0.4 is 11.1 Å². The molecule has 5 nitrogen and oxygen atoms in total. The van der Waals surface area contributed by atoms with Gasteiger partial charge in [0.1, 0.15) is 5.82 Å². The summed E-state index contributed by atoms with van der Waals surface area (Å²) in [5, 5.41) is 4.13. The summed E-state index contributed by atoms with van der Waals surface area (Å²) in [6, 6.07) is 1.65. The van der Waals surface area contributed by atoms with Gasteiger partial charge >= 0.3 is 0 Å². The fourth-order valence-electron chi connectivity index (χ4n) is 1.78. The molecule has 21 heavy (non-hydrogen) atoms. The number of hydrogen-bond donors (Lipinski definition) is 2. The molecule has 0 atom stereocenters. The number of aliphatic imine (C=N–C) groups is 1. The van der Waals surface area contributed by atoms with E-state index in [9.17, 15) is 0 Å². The van der Waals surface area contributed by atoms with Crippen LogP contribution >= 0.6 is 58.9 Å². The predicted octanol–water partition coefficient (Wildman–Crippen LogP) is 2.78. The Labute approximate surface area is 156 Å². The van der Waals surface area contributed by atoms with Crippen LogP contribution in [0.3, 0.4) is 0 Å². The molecule has 0 bridgehead atoms. The lowest BCUT2D eigenvalue weighted by Crippen LogP contribution is -2.42. The molecule has 0 aromatic carbocycles. The summed E-state index contributed by atoms with van der Waals surface area (Å²) in [5.74, 6) is 3.44. The molecule has 1 aliphatic heterocycles. The van der Waals surface area contributed by atoms with Gasteiger partial charge in [-0.05, 0) is 6.07 Å². The number of anilines is 1. The highest BCUT2D eigenvalue weighted by molar-refractivity contribution is 14.0. The lowest BCUT2D eigenvalue weighted by atomic mass is 10.4. The molecule has 1 aliphatic rings. The van der Waals surface area contributed by atoms with Gasteiger partial charge in [-0.25, -0.2) is 4.98 Å². The van der Waals surface area contributed by atoms with Crippen molar-refractivity contribution < 1.29 is 0 Å². The lowest BCUT2D eigenvalue weighted by Gasteiger charge is -2.27. The molecule has 0 amide bonds. The first-order valence-electron chi connectivity index (χ1n) is 6.34. The van der Waals surface area contributed by atoms with Gasteiger partial charge in [-0.2, -0.15) is 11.8 Å². The third-order valence-electron chi connectivity index (χ3n) is 2.82. The number of aromatic nitrogens is 1. The molecule has 1 aromatic heterocycles. The van der Waals surface area contributed by atoms with Crippen molar-refractivity contribution >= 4 is 70.7 Å². The molecule has 3 N–H and O–H groups in total. The molecule has 118 valence electrons. The molecule has 9 heteroatoms. The lowest BCUT2D eigenvalue weighted by molar-refractivity contribution is 0.456. The molecule has 1 aromatic rings. The largest absolute Gasteiger partial charge is 0.370 e. The minimum atomic E-state index is 0. The maximum Gasteiger partial charge on any atom is 0.191 e. The van der Waals surface area contributed by atoms with Gasteiger partial charge in [-0.15, -0.1) is 24.0 Å². The van der Waals surface area contributed by atoms with E-state index in [1.54, 1.807) is 12.3 Å². The first kappa shape index (κ1) is 18.9. The van der Waals surface area contributed by atoms with Crippen molar-refractivity contribution in [3.8, 4) is 0 Å². The van der Waals surface area contributed by atoms with E-state index < -0.39 is 0 Å². The summed E-state index contributed by atoms with van der Waals surface area (Å²) in [4.78, 5) is 10.6. The highest BCUT2D eigenvalue weighted by Crippen LogP contribution is 2.22. The van der Waals surface area contributed by atoms with Gasteiger partial charge < -0.3 is 16.0 Å². The average Bonchev–Trinajstić information content (AvgIpc) is 2.46. The molecule has 2 rings (SSSR count). The molecular weight excluding hydrogens is 444 g/mol. The fraction of sp³-hybridized carbons (Fsp3) is 0.500. The van der Waals surface area contributed by atoms with Crippen molar-refractivity contribution in [3.63, 3.8) is 0 Å². The van der Waals surface area contributed by atoms with Crippen LogP contribution in [0, 0.1) is 0 Å². The zero-order chi connectivity index (χ0) is 14.4. The van der Waals surface area contributed by atoms with Crippen LogP contribution in [0.25, 0.3) is 0 Å². The molecular formula is C12H18Cl2IN5S. The highest BCUT2D eigenvalue weighted by atomic mass is 127. The van der Waals surface area contributed by atoms with E-state index in [4.69, 9.17) is 28.9 Å². The van der Waals surface area contributed by atoms with Gasteiger partial charge in [-0.3, -0.25) is 4.99 Å². The van der Waals surface area contributed by atoms with E-state index >= 15 is 0 Å². The first-order chi connectivity index (χ1) is 9.66. The fourth-order valence-corrected chi connectivity index (χ4v) is 3.13. The van der Waals surface area contributed by atoms with Gasteiger partial charge in [0.05, 0.1) is 16.6 Å². The highest BCUT2D eigenvalue weighted by Gasteiger charge is 2.11. The smallest absolute Gasteiger partial charge is 0.191 e. The summed E-state index contributed by atoms with van der Waals surface area (Å²) in [5.41, 5.74) is 5.96. The van der Waals surface area contributed by atoms with Gasteiger partial charge in [0.15, 0.2) is 5.96 Å². The summed E-state index contributed by atoms with van der Waals surface area (Å²) in [6.45, 7) is 3.14. The quantitative estimate of drug-likeness (QED) is 0.312. The average molecular weight is 462 g/mol. The topological polar surface area (TPSA) is 66.5 Å². The Kier molecular flexibility index (Phi) is 8.84. The van der Waals surface area contributed by atoms with E-state index in [2.05, 4.69) is 20.2 Å². The van der Waals surface area contributed by atoms with E-state index in [-0.39, 0.29) is 24.0 Å². The summed E-state index contributed by atoms with van der Waals surface area (Å²) in [6.07, 6.45) is 1.55. The van der Waals surface area contributed by atoms with Crippen molar-refractivity contribution in [3.05, 3.63) is 22.3 Å². The SMILES string of the molecule is I.NC(=NCCNc1ncc(Cl)cc1Cl)N1CCSCC1. The predicted molar refractivity (Wildman–Crippen MR) is 104 cm³/mol. The number of hydrogen-bond acceptors (Lipinski definition) is 4. The zero-order valence-electron chi connectivity index (χ0n) is 11.4. The Balaban J connectivity index is 0.00000220. The van der Waals surface area contributed by atoms with Crippen LogP contribution in [0.2, 0.25) is 10.0 Å². The van der Waals surface area contributed by atoms with Crippen LogP contribution in [0.15, 0.2) is 17.3 Å². The van der Waals surface area contributed by atoms with Gasteiger partial charge in [-0.1, -0.05) is 23.2 Å². The molecule has 0 saturated carbocycles. The summed E-state index contributed by atoms with van der Waals surface area (Å²) >= 11 is 13.7. The molecule has 1 saturated heterocycles. The molecule has 0 radical (unpaired) electrons. The third kappa shape index (κ3) is 6.25. The Hall–Kier alpha value is -0.120. The van der Waals surface area contributed by atoms with Crippen LogP contribution in [-0.4, -0.2) is 53.5 Å². The van der Waals surface area contributed by atoms with Crippen molar-refractivity contribution in [2.45, 2.75) is 0 Å². The number of guanidine groups is 1. The summed E-state index contributed by atoms with van der Waals surface area (Å²) < 4.78 is 0. The van der Waals surface area contributed by atoms with Crippen LogP contribution in [0.4, 0.5) is 5.82 Å². The zero-order valence-corrected chi connectivity index (χ0v) is 16.0. The molecule has 0 spiro atoms. The third-order valence-corrected chi connectivity index (χ3v) is 4.26. The molecule has 2 heterocycles. The van der Waals surface area contributed by atoms with Gasteiger partial charge in [0.2, 0.25) is 0 Å². The van der Waals surface area contributed by atoms with Gasteiger partial charge in [0.25, 0.3) is 0 Å². The normalized spacial score (nSPS) is 15.5. The van der Waals surface area contributed by atoms with Crippen molar-refractivity contribution in [1.29, 1.82) is 0 Å². The number of rotatable bonds is 4. The van der Waals surface area contributed by atoms with E-state index in [1.807, 2.05) is 11.8 Å². The van der Waals surface area contributed by atoms with Crippen molar-refractivity contribution in [2.75, 3.05) is 43.0 Å². The molecule has 0 unspecified atom stereocenters. The second kappa shape index (κ2) is 9.81. The van der Waals surface area contributed by atoms with E-state index in [1.165, 1.54) is 0 Å². The monoisotopic (exact) mass is 461 g/mol. The number of halogens is 3. The number of nitrogens with one attached hydrogen (secondary N) is 1.